The number of aryl methyl sites for hydroxylation is 1. The standard InChI is InChI=1S/C21H24N4O2/c1-2-16-5-7-18(8-6-16)19-9-10-21(27)25(24-19)13-11-20(26)23-15-17-4-3-12-22-14-17/h3-9,12,14,24H,2,10-11,13,15H2,1H3,(H,23,26). The Labute approximate surface area is 159 Å². The lowest BCUT2D eigenvalue weighted by Gasteiger charge is -2.29. The highest BCUT2D eigenvalue weighted by molar-refractivity contribution is 5.84. The molecule has 0 radical (unpaired) electrons. The van der Waals surface area contributed by atoms with Crippen LogP contribution in [0.2, 0.25) is 0 Å². The maximum absolute atomic E-state index is 12.1. The number of amides is 2. The summed E-state index contributed by atoms with van der Waals surface area (Å²) in [5, 5.41) is 4.37. The van der Waals surface area contributed by atoms with Gasteiger partial charge in [0, 0.05) is 31.8 Å². The second-order valence-corrected chi connectivity index (χ2v) is 6.42. The summed E-state index contributed by atoms with van der Waals surface area (Å²) in [4.78, 5) is 28.2. The van der Waals surface area contributed by atoms with E-state index in [-0.39, 0.29) is 18.2 Å². The molecule has 0 atom stereocenters. The molecule has 140 valence electrons. The third kappa shape index (κ3) is 5.17. The number of hydrogen-bond donors (Lipinski definition) is 2. The van der Waals surface area contributed by atoms with Crippen LogP contribution in [0.4, 0.5) is 0 Å². The Bertz CT molecular complexity index is 816. The van der Waals surface area contributed by atoms with Crippen molar-refractivity contribution in [3.63, 3.8) is 0 Å². The molecular formula is C21H24N4O2. The van der Waals surface area contributed by atoms with Crippen LogP contribution in [0.15, 0.2) is 54.9 Å². The van der Waals surface area contributed by atoms with E-state index in [1.807, 2.05) is 30.3 Å². The van der Waals surface area contributed by atoms with Gasteiger partial charge in [0.1, 0.15) is 0 Å². The third-order valence-electron chi connectivity index (χ3n) is 4.49. The molecule has 2 N–H and O–H groups in total. The highest BCUT2D eigenvalue weighted by Crippen LogP contribution is 2.18. The normalized spacial score (nSPS) is 13.7. The monoisotopic (exact) mass is 364 g/mol. The summed E-state index contributed by atoms with van der Waals surface area (Å²) in [6.45, 7) is 2.87. The van der Waals surface area contributed by atoms with E-state index in [1.54, 1.807) is 12.4 Å². The molecule has 0 fully saturated rings. The summed E-state index contributed by atoms with van der Waals surface area (Å²) in [5.41, 5.74) is 7.29. The SMILES string of the molecule is CCc1ccc(C2=CCC(=O)N(CCC(=O)NCc3cccnc3)N2)cc1. The van der Waals surface area contributed by atoms with Crippen LogP contribution in [0.25, 0.3) is 5.70 Å². The van der Waals surface area contributed by atoms with Crippen molar-refractivity contribution < 1.29 is 9.59 Å². The Kier molecular flexibility index (Phi) is 6.20. The third-order valence-corrected chi connectivity index (χ3v) is 4.49. The van der Waals surface area contributed by atoms with Crippen LogP contribution in [0.1, 0.15) is 36.5 Å². The Hall–Kier alpha value is -3.15. The number of rotatable bonds is 7. The predicted molar refractivity (Wildman–Crippen MR) is 104 cm³/mol. The zero-order valence-electron chi connectivity index (χ0n) is 15.4. The van der Waals surface area contributed by atoms with Gasteiger partial charge < -0.3 is 5.32 Å². The molecule has 3 rings (SSSR count). The van der Waals surface area contributed by atoms with E-state index in [9.17, 15) is 9.59 Å². The van der Waals surface area contributed by atoms with Crippen molar-refractivity contribution in [2.24, 2.45) is 0 Å². The Morgan fingerprint density at radius 2 is 2.04 bits per heavy atom. The van der Waals surface area contributed by atoms with E-state index in [2.05, 4.69) is 34.8 Å². The summed E-state index contributed by atoms with van der Waals surface area (Å²) in [6.07, 6.45) is 6.86. The lowest BCUT2D eigenvalue weighted by atomic mass is 10.1. The minimum Gasteiger partial charge on any atom is -0.352 e. The van der Waals surface area contributed by atoms with Crippen LogP contribution in [-0.2, 0) is 22.6 Å². The van der Waals surface area contributed by atoms with Crippen LogP contribution in [0, 0.1) is 0 Å². The lowest BCUT2D eigenvalue weighted by molar-refractivity contribution is -0.133. The number of pyridine rings is 1. The molecule has 0 spiro atoms. The number of hydrazine groups is 1. The van der Waals surface area contributed by atoms with E-state index in [0.29, 0.717) is 19.5 Å². The van der Waals surface area contributed by atoms with E-state index >= 15 is 0 Å². The first-order chi connectivity index (χ1) is 13.2. The molecule has 1 aromatic heterocycles. The summed E-state index contributed by atoms with van der Waals surface area (Å²) in [5.74, 6) is -0.138. The summed E-state index contributed by atoms with van der Waals surface area (Å²) in [7, 11) is 0. The average molecular weight is 364 g/mol. The first-order valence-corrected chi connectivity index (χ1v) is 9.18. The fraction of sp³-hybridized carbons (Fsp3) is 0.286. The topological polar surface area (TPSA) is 74.3 Å². The Morgan fingerprint density at radius 1 is 1.22 bits per heavy atom. The van der Waals surface area contributed by atoms with Crippen molar-refractivity contribution in [2.75, 3.05) is 6.54 Å². The van der Waals surface area contributed by atoms with Gasteiger partial charge in [0.15, 0.2) is 0 Å². The molecule has 6 nitrogen and oxygen atoms in total. The number of hydrogen-bond acceptors (Lipinski definition) is 4. The smallest absolute Gasteiger partial charge is 0.244 e. The molecule has 0 saturated carbocycles. The van der Waals surface area contributed by atoms with E-state index < -0.39 is 0 Å². The fourth-order valence-corrected chi connectivity index (χ4v) is 2.84. The van der Waals surface area contributed by atoms with Gasteiger partial charge in [-0.05, 0) is 35.3 Å². The maximum Gasteiger partial charge on any atom is 0.244 e. The van der Waals surface area contributed by atoms with Crippen LogP contribution in [0.5, 0.6) is 0 Å². The van der Waals surface area contributed by atoms with Crippen LogP contribution < -0.4 is 10.7 Å². The number of nitrogens with one attached hydrogen (secondary N) is 2. The van der Waals surface area contributed by atoms with Crippen molar-refractivity contribution in [1.82, 2.24) is 20.7 Å². The number of carbonyl (C=O) groups excluding carboxylic acids is 2. The second kappa shape index (κ2) is 8.98. The zero-order valence-corrected chi connectivity index (χ0v) is 15.4. The first kappa shape index (κ1) is 18.6. The van der Waals surface area contributed by atoms with Gasteiger partial charge in [-0.3, -0.25) is 25.0 Å². The van der Waals surface area contributed by atoms with Gasteiger partial charge in [-0.2, -0.15) is 0 Å². The highest BCUT2D eigenvalue weighted by atomic mass is 16.2. The molecule has 0 saturated heterocycles. The van der Waals surface area contributed by atoms with Crippen molar-refractivity contribution in [3.8, 4) is 0 Å². The second-order valence-electron chi connectivity index (χ2n) is 6.42. The molecule has 2 heterocycles. The maximum atomic E-state index is 12.1. The van der Waals surface area contributed by atoms with Crippen molar-refractivity contribution in [3.05, 3.63) is 71.6 Å². The number of carbonyl (C=O) groups is 2. The number of benzene rings is 1. The van der Waals surface area contributed by atoms with Gasteiger partial charge in [0.25, 0.3) is 0 Å². The van der Waals surface area contributed by atoms with Gasteiger partial charge in [0.05, 0.1) is 12.2 Å². The van der Waals surface area contributed by atoms with Gasteiger partial charge in [-0.25, -0.2) is 0 Å². The van der Waals surface area contributed by atoms with E-state index in [0.717, 1.165) is 23.2 Å². The van der Waals surface area contributed by atoms with Crippen molar-refractivity contribution in [2.45, 2.75) is 32.7 Å². The van der Waals surface area contributed by atoms with Crippen LogP contribution in [0.3, 0.4) is 0 Å². The minimum absolute atomic E-state index is 0.0380. The molecule has 1 aromatic carbocycles. The molecule has 0 aliphatic carbocycles. The van der Waals surface area contributed by atoms with Gasteiger partial charge in [-0.15, -0.1) is 0 Å². The quantitative estimate of drug-likeness (QED) is 0.791. The predicted octanol–water partition coefficient (Wildman–Crippen LogP) is 2.43. The van der Waals surface area contributed by atoms with Crippen molar-refractivity contribution in [1.29, 1.82) is 0 Å². The van der Waals surface area contributed by atoms with Crippen LogP contribution >= 0.6 is 0 Å². The average Bonchev–Trinajstić information content (AvgIpc) is 2.72. The molecule has 27 heavy (non-hydrogen) atoms. The molecule has 2 amide bonds. The molecule has 1 aliphatic heterocycles. The summed E-state index contributed by atoms with van der Waals surface area (Å²) >= 11 is 0. The molecule has 1 aliphatic rings. The number of aromatic nitrogens is 1. The first-order valence-electron chi connectivity index (χ1n) is 9.18. The summed E-state index contributed by atoms with van der Waals surface area (Å²) in [6, 6.07) is 12.0. The molecule has 0 unspecified atom stereocenters. The lowest BCUT2D eigenvalue weighted by Crippen LogP contribution is -2.45. The van der Waals surface area contributed by atoms with Gasteiger partial charge in [0.2, 0.25) is 11.8 Å². The van der Waals surface area contributed by atoms with E-state index in [1.165, 1.54) is 10.6 Å². The Morgan fingerprint density at radius 3 is 2.74 bits per heavy atom. The molecular weight excluding hydrogens is 340 g/mol. The molecule has 6 heteroatoms. The minimum atomic E-state index is -0.100. The Balaban J connectivity index is 1.51. The summed E-state index contributed by atoms with van der Waals surface area (Å²) < 4.78 is 0. The van der Waals surface area contributed by atoms with Gasteiger partial charge >= 0.3 is 0 Å². The highest BCUT2D eigenvalue weighted by Gasteiger charge is 2.20. The molecule has 0 bridgehead atoms. The van der Waals surface area contributed by atoms with Crippen LogP contribution in [-0.4, -0.2) is 28.4 Å². The largest absolute Gasteiger partial charge is 0.352 e. The fourth-order valence-electron chi connectivity index (χ4n) is 2.84. The van der Waals surface area contributed by atoms with Crippen molar-refractivity contribution >= 4 is 17.5 Å². The molecule has 2 aromatic rings. The number of nitrogens with zero attached hydrogens (tertiary/aromatic N) is 2. The van der Waals surface area contributed by atoms with Gasteiger partial charge in [-0.1, -0.05) is 37.3 Å². The zero-order chi connectivity index (χ0) is 19.1. The van der Waals surface area contributed by atoms with E-state index in [4.69, 9.17) is 0 Å².